The third kappa shape index (κ3) is 2.49. The maximum absolute atomic E-state index is 13.7. The summed E-state index contributed by atoms with van der Waals surface area (Å²) in [6, 6.07) is 10.6. The van der Waals surface area contributed by atoms with Crippen LogP contribution in [0.25, 0.3) is 0 Å². The number of carbonyl (C=O) groups is 1. The van der Waals surface area contributed by atoms with E-state index in [1.807, 2.05) is 0 Å². The lowest BCUT2D eigenvalue weighted by Gasteiger charge is -2.22. The molecule has 98 valence electrons. The van der Waals surface area contributed by atoms with Gasteiger partial charge in [0.05, 0.1) is 22.6 Å². The van der Waals surface area contributed by atoms with Gasteiger partial charge < -0.3 is 15.7 Å². The van der Waals surface area contributed by atoms with Gasteiger partial charge in [0.25, 0.3) is 0 Å². The molecule has 0 spiro atoms. The number of hydrogen-bond acceptors (Lipinski definition) is 3. The molecule has 0 unspecified atom stereocenters. The molecule has 0 bridgehead atoms. The third-order valence-electron chi connectivity index (χ3n) is 2.85. The van der Waals surface area contributed by atoms with Crippen molar-refractivity contribution in [1.29, 1.82) is 0 Å². The lowest BCUT2D eigenvalue weighted by Crippen LogP contribution is -2.14. The highest BCUT2D eigenvalue weighted by atomic mass is 19.1. The average Bonchev–Trinajstić information content (AvgIpc) is 2.38. The lowest BCUT2D eigenvalue weighted by molar-refractivity contribution is 0.0697. The fourth-order valence-electron chi connectivity index (χ4n) is 1.82. The predicted octanol–water partition coefficient (Wildman–Crippen LogP) is 2.87. The highest BCUT2D eigenvalue weighted by Gasteiger charge is 2.14. The van der Waals surface area contributed by atoms with Crippen molar-refractivity contribution in [3.63, 3.8) is 0 Å². The van der Waals surface area contributed by atoms with Crippen LogP contribution in [0, 0.1) is 5.82 Å². The number of nitrogens with zero attached hydrogens (tertiary/aromatic N) is 1. The van der Waals surface area contributed by atoms with Gasteiger partial charge in [-0.25, -0.2) is 9.18 Å². The fraction of sp³-hybridized carbons (Fsp3) is 0.0714. The van der Waals surface area contributed by atoms with Crippen molar-refractivity contribution in [3.8, 4) is 0 Å². The Bertz CT molecular complexity index is 629. The molecule has 0 amide bonds. The van der Waals surface area contributed by atoms with E-state index in [-0.39, 0.29) is 5.56 Å². The van der Waals surface area contributed by atoms with Gasteiger partial charge in [-0.3, -0.25) is 0 Å². The second-order valence-corrected chi connectivity index (χ2v) is 4.09. The summed E-state index contributed by atoms with van der Waals surface area (Å²) >= 11 is 0. The molecule has 0 fully saturated rings. The van der Waals surface area contributed by atoms with Crippen LogP contribution in [0.2, 0.25) is 0 Å². The van der Waals surface area contributed by atoms with Crippen LogP contribution < -0.4 is 10.6 Å². The second kappa shape index (κ2) is 4.97. The molecule has 0 radical (unpaired) electrons. The van der Waals surface area contributed by atoms with Gasteiger partial charge in [-0.05, 0) is 30.3 Å². The molecule has 0 aromatic heterocycles. The van der Waals surface area contributed by atoms with Crippen molar-refractivity contribution >= 4 is 23.0 Å². The maximum Gasteiger partial charge on any atom is 0.335 e. The van der Waals surface area contributed by atoms with E-state index in [1.54, 1.807) is 25.2 Å². The Balaban J connectivity index is 2.49. The normalized spacial score (nSPS) is 10.2. The van der Waals surface area contributed by atoms with E-state index < -0.39 is 11.8 Å². The van der Waals surface area contributed by atoms with Gasteiger partial charge >= 0.3 is 5.97 Å². The summed E-state index contributed by atoms with van der Waals surface area (Å²) in [4.78, 5) is 12.5. The van der Waals surface area contributed by atoms with Crippen molar-refractivity contribution in [3.05, 3.63) is 53.8 Å². The van der Waals surface area contributed by atoms with E-state index in [1.165, 1.54) is 29.2 Å². The van der Waals surface area contributed by atoms with Crippen LogP contribution in [-0.2, 0) is 0 Å². The van der Waals surface area contributed by atoms with E-state index in [0.29, 0.717) is 17.1 Å². The molecule has 2 aromatic rings. The highest BCUT2D eigenvalue weighted by Crippen LogP contribution is 2.31. The minimum atomic E-state index is -1.05. The first-order chi connectivity index (χ1) is 9.00. The molecule has 2 rings (SSSR count). The molecule has 5 heteroatoms. The van der Waals surface area contributed by atoms with Gasteiger partial charge in [-0.15, -0.1) is 0 Å². The molecule has 0 saturated heterocycles. The Morgan fingerprint density at radius 3 is 2.53 bits per heavy atom. The number of nitrogen functional groups attached to an aromatic ring is 1. The largest absolute Gasteiger partial charge is 0.478 e. The third-order valence-corrected chi connectivity index (χ3v) is 2.85. The van der Waals surface area contributed by atoms with Crippen molar-refractivity contribution in [2.75, 3.05) is 17.7 Å². The summed E-state index contributed by atoms with van der Waals surface area (Å²) in [6.45, 7) is 0. The number of carboxylic acids is 1. The first kappa shape index (κ1) is 12.9. The molecule has 0 aliphatic heterocycles. The Labute approximate surface area is 109 Å². The van der Waals surface area contributed by atoms with Gasteiger partial charge in [-0.1, -0.05) is 12.1 Å². The summed E-state index contributed by atoms with van der Waals surface area (Å²) in [5, 5.41) is 8.97. The Morgan fingerprint density at radius 1 is 1.21 bits per heavy atom. The number of carboxylic acid groups (broad SMARTS) is 1. The minimum absolute atomic E-state index is 0.104. The fourth-order valence-corrected chi connectivity index (χ4v) is 1.82. The van der Waals surface area contributed by atoms with Crippen LogP contribution in [0.5, 0.6) is 0 Å². The maximum atomic E-state index is 13.7. The van der Waals surface area contributed by atoms with Gasteiger partial charge in [0.2, 0.25) is 0 Å². The van der Waals surface area contributed by atoms with Crippen LogP contribution in [0.1, 0.15) is 10.4 Å². The molecule has 0 aliphatic rings. The second-order valence-electron chi connectivity index (χ2n) is 4.09. The number of hydrogen-bond donors (Lipinski definition) is 2. The quantitative estimate of drug-likeness (QED) is 0.833. The van der Waals surface area contributed by atoms with Gasteiger partial charge in [0, 0.05) is 7.05 Å². The zero-order valence-electron chi connectivity index (χ0n) is 10.3. The zero-order valence-corrected chi connectivity index (χ0v) is 10.3. The van der Waals surface area contributed by atoms with Crippen LogP contribution in [0.4, 0.5) is 21.5 Å². The number of halogens is 1. The number of aromatic carboxylic acids is 1. The minimum Gasteiger partial charge on any atom is -0.478 e. The van der Waals surface area contributed by atoms with Crippen molar-refractivity contribution in [2.45, 2.75) is 0 Å². The first-order valence-electron chi connectivity index (χ1n) is 5.62. The number of para-hydroxylation sites is 1. The lowest BCUT2D eigenvalue weighted by atomic mass is 10.1. The first-order valence-corrected chi connectivity index (χ1v) is 5.62. The molecule has 0 heterocycles. The average molecular weight is 260 g/mol. The Hall–Kier alpha value is -2.56. The molecule has 2 aromatic carbocycles. The van der Waals surface area contributed by atoms with E-state index in [2.05, 4.69) is 0 Å². The number of rotatable bonds is 3. The molecule has 0 saturated carbocycles. The SMILES string of the molecule is CN(c1cc(C(=O)O)ccc1N)c1ccccc1F. The topological polar surface area (TPSA) is 66.6 Å². The van der Waals surface area contributed by atoms with Gasteiger partial charge in [0.1, 0.15) is 5.82 Å². The Kier molecular flexibility index (Phi) is 3.37. The molecule has 4 nitrogen and oxygen atoms in total. The number of nitrogens with two attached hydrogens (primary N) is 1. The van der Waals surface area contributed by atoms with E-state index in [4.69, 9.17) is 10.8 Å². The summed E-state index contributed by atoms with van der Waals surface area (Å²) in [6.07, 6.45) is 0. The molecule has 3 N–H and O–H groups in total. The standard InChI is InChI=1S/C14H13FN2O2/c1-17(12-5-3-2-4-10(12)15)13-8-9(14(18)19)6-7-11(13)16/h2-8H,16H2,1H3,(H,18,19). The summed E-state index contributed by atoms with van der Waals surface area (Å²) in [5.74, 6) is -1.45. The number of anilines is 3. The summed E-state index contributed by atoms with van der Waals surface area (Å²) in [5.41, 5.74) is 7.09. The van der Waals surface area contributed by atoms with Crippen LogP contribution in [-0.4, -0.2) is 18.1 Å². The van der Waals surface area contributed by atoms with E-state index >= 15 is 0 Å². The molecular formula is C14H13FN2O2. The number of benzene rings is 2. The van der Waals surface area contributed by atoms with Crippen molar-refractivity contribution < 1.29 is 14.3 Å². The zero-order chi connectivity index (χ0) is 14.0. The van der Waals surface area contributed by atoms with E-state index in [0.717, 1.165) is 0 Å². The van der Waals surface area contributed by atoms with Gasteiger partial charge in [-0.2, -0.15) is 0 Å². The van der Waals surface area contributed by atoms with Crippen LogP contribution in [0.3, 0.4) is 0 Å². The molecule has 0 aliphatic carbocycles. The highest BCUT2D eigenvalue weighted by molar-refractivity contribution is 5.91. The van der Waals surface area contributed by atoms with E-state index in [9.17, 15) is 9.18 Å². The van der Waals surface area contributed by atoms with Gasteiger partial charge in [0.15, 0.2) is 0 Å². The predicted molar refractivity (Wildman–Crippen MR) is 72.3 cm³/mol. The smallest absolute Gasteiger partial charge is 0.335 e. The monoisotopic (exact) mass is 260 g/mol. The Morgan fingerprint density at radius 2 is 1.89 bits per heavy atom. The summed E-state index contributed by atoms with van der Waals surface area (Å²) in [7, 11) is 1.63. The molecule has 0 atom stereocenters. The van der Waals surface area contributed by atoms with Crippen molar-refractivity contribution in [1.82, 2.24) is 0 Å². The summed E-state index contributed by atoms with van der Waals surface area (Å²) < 4.78 is 13.7. The van der Waals surface area contributed by atoms with Crippen LogP contribution in [0.15, 0.2) is 42.5 Å². The van der Waals surface area contributed by atoms with Crippen molar-refractivity contribution in [2.24, 2.45) is 0 Å². The molecular weight excluding hydrogens is 247 g/mol. The van der Waals surface area contributed by atoms with Crippen LogP contribution >= 0.6 is 0 Å². The molecule has 19 heavy (non-hydrogen) atoms.